The van der Waals surface area contributed by atoms with Crippen molar-refractivity contribution in [2.45, 2.75) is 19.9 Å². The maximum absolute atomic E-state index is 4.17. The number of fused-ring (bicyclic) bond motifs is 1. The Bertz CT molecular complexity index is 687. The highest BCUT2D eigenvalue weighted by Gasteiger charge is 2.17. The van der Waals surface area contributed by atoms with Gasteiger partial charge in [0.05, 0.1) is 23.4 Å². The van der Waals surface area contributed by atoms with Crippen molar-refractivity contribution in [1.29, 1.82) is 0 Å². The van der Waals surface area contributed by atoms with Crippen LogP contribution >= 0.6 is 11.3 Å². The molecule has 1 aromatic carbocycles. The minimum absolute atomic E-state index is 0.294. The van der Waals surface area contributed by atoms with Crippen molar-refractivity contribution >= 4 is 27.9 Å². The lowest BCUT2D eigenvalue weighted by Gasteiger charge is -2.23. The number of aromatic nitrogens is 2. The van der Waals surface area contributed by atoms with E-state index in [1.54, 1.807) is 11.3 Å². The van der Waals surface area contributed by atoms with E-state index in [-0.39, 0.29) is 0 Å². The van der Waals surface area contributed by atoms with E-state index in [4.69, 9.17) is 0 Å². The van der Waals surface area contributed by atoms with Crippen LogP contribution < -0.4 is 5.32 Å². The van der Waals surface area contributed by atoms with Crippen molar-refractivity contribution in [1.82, 2.24) is 10.2 Å². The zero-order valence-electron chi connectivity index (χ0n) is 11.6. The molecule has 0 aliphatic rings. The molecule has 0 aliphatic heterocycles. The van der Waals surface area contributed by atoms with Gasteiger partial charge in [0.1, 0.15) is 0 Å². The molecule has 4 heteroatoms. The van der Waals surface area contributed by atoms with Crippen LogP contribution in [-0.2, 0) is 0 Å². The van der Waals surface area contributed by atoms with Crippen LogP contribution in [0, 0.1) is 5.92 Å². The van der Waals surface area contributed by atoms with Crippen molar-refractivity contribution < 1.29 is 0 Å². The summed E-state index contributed by atoms with van der Waals surface area (Å²) in [6, 6.07) is 12.7. The standard InChI is InChI=1S/C16H17N3S/c1-11(2)16(15-8-5-9-20-15)18-14-10-17-19-13-7-4-3-6-12(13)14/h3-11,16H,1-2H3,(H,18,19). The average molecular weight is 283 g/mol. The van der Waals surface area contributed by atoms with Crippen LogP contribution in [0.5, 0.6) is 0 Å². The van der Waals surface area contributed by atoms with E-state index in [1.165, 1.54) is 4.88 Å². The van der Waals surface area contributed by atoms with Gasteiger partial charge in [0, 0.05) is 10.3 Å². The number of hydrogen-bond donors (Lipinski definition) is 1. The minimum atomic E-state index is 0.294. The fraction of sp³-hybridized carbons (Fsp3) is 0.250. The first-order valence-electron chi connectivity index (χ1n) is 6.76. The fourth-order valence-electron chi connectivity index (χ4n) is 2.32. The van der Waals surface area contributed by atoms with Crippen molar-refractivity contribution in [2.24, 2.45) is 5.92 Å². The van der Waals surface area contributed by atoms with E-state index >= 15 is 0 Å². The molecule has 0 radical (unpaired) electrons. The molecule has 0 fully saturated rings. The molecule has 20 heavy (non-hydrogen) atoms. The lowest BCUT2D eigenvalue weighted by molar-refractivity contribution is 0.554. The first kappa shape index (κ1) is 13.1. The Hall–Kier alpha value is -1.94. The number of rotatable bonds is 4. The number of nitrogens with one attached hydrogen (secondary N) is 1. The number of nitrogens with zero attached hydrogens (tertiary/aromatic N) is 2. The molecule has 1 atom stereocenters. The summed E-state index contributed by atoms with van der Waals surface area (Å²) in [5, 5.41) is 15.1. The first-order chi connectivity index (χ1) is 9.75. The third-order valence-electron chi connectivity index (χ3n) is 3.37. The van der Waals surface area contributed by atoms with Crippen LogP contribution in [0.1, 0.15) is 24.8 Å². The van der Waals surface area contributed by atoms with Gasteiger partial charge in [-0.1, -0.05) is 38.1 Å². The maximum atomic E-state index is 4.17. The highest BCUT2D eigenvalue weighted by molar-refractivity contribution is 7.10. The highest BCUT2D eigenvalue weighted by Crippen LogP contribution is 2.31. The molecule has 0 spiro atoms. The largest absolute Gasteiger partial charge is 0.375 e. The molecule has 0 saturated heterocycles. The molecule has 0 aliphatic carbocycles. The van der Waals surface area contributed by atoms with E-state index < -0.39 is 0 Å². The van der Waals surface area contributed by atoms with E-state index in [1.807, 2.05) is 24.4 Å². The summed E-state index contributed by atoms with van der Waals surface area (Å²) < 4.78 is 0. The van der Waals surface area contributed by atoms with Gasteiger partial charge >= 0.3 is 0 Å². The van der Waals surface area contributed by atoms with Gasteiger partial charge in [0.15, 0.2) is 0 Å². The molecule has 0 amide bonds. The zero-order valence-corrected chi connectivity index (χ0v) is 12.4. The molecule has 1 N–H and O–H groups in total. The van der Waals surface area contributed by atoms with Crippen molar-refractivity contribution in [2.75, 3.05) is 5.32 Å². The molecule has 2 heterocycles. The predicted octanol–water partition coefficient (Wildman–Crippen LogP) is 4.50. The van der Waals surface area contributed by atoms with Crippen LogP contribution in [0.2, 0.25) is 0 Å². The van der Waals surface area contributed by atoms with Gasteiger partial charge in [-0.2, -0.15) is 10.2 Å². The molecule has 0 saturated carbocycles. The number of thiophene rings is 1. The second-order valence-electron chi connectivity index (χ2n) is 5.16. The summed E-state index contributed by atoms with van der Waals surface area (Å²) in [5.74, 6) is 0.501. The van der Waals surface area contributed by atoms with Gasteiger partial charge in [-0.25, -0.2) is 0 Å². The van der Waals surface area contributed by atoms with Gasteiger partial charge in [-0.05, 0) is 23.4 Å². The lowest BCUT2D eigenvalue weighted by Crippen LogP contribution is -2.16. The van der Waals surface area contributed by atoms with Gasteiger partial charge in [0.2, 0.25) is 0 Å². The molecular weight excluding hydrogens is 266 g/mol. The summed E-state index contributed by atoms with van der Waals surface area (Å²) in [6.45, 7) is 4.46. The second-order valence-corrected chi connectivity index (χ2v) is 6.14. The number of benzene rings is 1. The summed E-state index contributed by atoms with van der Waals surface area (Å²) in [5.41, 5.74) is 1.97. The van der Waals surface area contributed by atoms with E-state index in [0.29, 0.717) is 12.0 Å². The monoisotopic (exact) mass is 283 g/mol. The van der Waals surface area contributed by atoms with Gasteiger partial charge in [-0.3, -0.25) is 0 Å². The Morgan fingerprint density at radius 3 is 2.70 bits per heavy atom. The maximum Gasteiger partial charge on any atom is 0.0950 e. The van der Waals surface area contributed by atoms with Crippen LogP contribution in [0.25, 0.3) is 10.9 Å². The lowest BCUT2D eigenvalue weighted by atomic mass is 10.0. The van der Waals surface area contributed by atoms with Gasteiger partial charge in [0.25, 0.3) is 0 Å². The van der Waals surface area contributed by atoms with Crippen molar-refractivity contribution in [3.05, 3.63) is 52.9 Å². The molecule has 1 unspecified atom stereocenters. The Morgan fingerprint density at radius 2 is 1.95 bits per heavy atom. The SMILES string of the molecule is CC(C)C(Nc1cnnc2ccccc12)c1cccs1. The topological polar surface area (TPSA) is 37.8 Å². The Balaban J connectivity index is 1.99. The van der Waals surface area contributed by atoms with E-state index in [9.17, 15) is 0 Å². The smallest absolute Gasteiger partial charge is 0.0950 e. The number of hydrogen-bond acceptors (Lipinski definition) is 4. The Kier molecular flexibility index (Phi) is 3.65. The summed E-state index contributed by atoms with van der Waals surface area (Å²) in [6.07, 6.45) is 1.81. The first-order valence-corrected chi connectivity index (χ1v) is 7.64. The van der Waals surface area contributed by atoms with Crippen molar-refractivity contribution in [3.63, 3.8) is 0 Å². The molecule has 3 nitrogen and oxygen atoms in total. The summed E-state index contributed by atoms with van der Waals surface area (Å²) >= 11 is 1.79. The Morgan fingerprint density at radius 1 is 1.10 bits per heavy atom. The molecular formula is C16H17N3S. The summed E-state index contributed by atoms with van der Waals surface area (Å²) in [4.78, 5) is 1.35. The molecule has 102 valence electrons. The van der Waals surface area contributed by atoms with E-state index in [0.717, 1.165) is 16.6 Å². The van der Waals surface area contributed by atoms with E-state index in [2.05, 4.69) is 52.9 Å². The van der Waals surface area contributed by atoms with Crippen LogP contribution in [0.15, 0.2) is 48.0 Å². The molecule has 2 aromatic heterocycles. The van der Waals surface area contributed by atoms with Gasteiger partial charge < -0.3 is 5.32 Å². The van der Waals surface area contributed by atoms with Crippen molar-refractivity contribution in [3.8, 4) is 0 Å². The van der Waals surface area contributed by atoms with Crippen LogP contribution in [0.4, 0.5) is 5.69 Å². The third kappa shape index (κ3) is 2.51. The molecule has 0 bridgehead atoms. The van der Waals surface area contributed by atoms with Gasteiger partial charge in [-0.15, -0.1) is 11.3 Å². The third-order valence-corrected chi connectivity index (χ3v) is 4.33. The zero-order chi connectivity index (χ0) is 13.9. The fourth-order valence-corrected chi connectivity index (χ4v) is 3.27. The Labute approximate surface area is 122 Å². The molecule has 3 rings (SSSR count). The minimum Gasteiger partial charge on any atom is -0.375 e. The normalized spacial score (nSPS) is 12.8. The highest BCUT2D eigenvalue weighted by atomic mass is 32.1. The second kappa shape index (κ2) is 5.59. The number of anilines is 1. The predicted molar refractivity (Wildman–Crippen MR) is 85.1 cm³/mol. The molecule has 3 aromatic rings. The average Bonchev–Trinajstić information content (AvgIpc) is 2.98. The summed E-state index contributed by atoms with van der Waals surface area (Å²) in [7, 11) is 0. The quantitative estimate of drug-likeness (QED) is 0.766. The van der Waals surface area contributed by atoms with Crippen LogP contribution in [0.3, 0.4) is 0 Å². The van der Waals surface area contributed by atoms with Crippen LogP contribution in [-0.4, -0.2) is 10.2 Å².